The van der Waals surface area contributed by atoms with Crippen molar-refractivity contribution in [1.82, 2.24) is 0 Å². The molecule has 1 aliphatic heterocycles. The van der Waals surface area contributed by atoms with Gasteiger partial charge in [0.25, 0.3) is 0 Å². The highest BCUT2D eigenvalue weighted by Crippen LogP contribution is 2.22. The number of halogens is 2. The maximum atomic E-state index is 13.5. The molecule has 1 aromatic carbocycles. The predicted octanol–water partition coefficient (Wildman–Crippen LogP) is 2.88. The summed E-state index contributed by atoms with van der Waals surface area (Å²) in [7, 11) is 0. The van der Waals surface area contributed by atoms with Crippen molar-refractivity contribution in [3.63, 3.8) is 0 Å². The van der Waals surface area contributed by atoms with Gasteiger partial charge in [0.15, 0.2) is 5.78 Å². The van der Waals surface area contributed by atoms with Crippen LogP contribution in [0.25, 0.3) is 0 Å². The van der Waals surface area contributed by atoms with Crippen LogP contribution in [0.5, 0.6) is 0 Å². The van der Waals surface area contributed by atoms with E-state index in [4.69, 9.17) is 4.74 Å². The second kappa shape index (κ2) is 4.92. The molecule has 4 heteroatoms. The Bertz CT molecular complexity index is 437. The molecule has 17 heavy (non-hydrogen) atoms. The molecule has 1 fully saturated rings. The van der Waals surface area contributed by atoms with E-state index in [-0.39, 0.29) is 22.8 Å². The van der Waals surface area contributed by atoms with Gasteiger partial charge in [-0.2, -0.15) is 0 Å². The largest absolute Gasteiger partial charge is 0.381 e. The molecule has 0 spiro atoms. The van der Waals surface area contributed by atoms with Crippen molar-refractivity contribution < 1.29 is 18.3 Å². The van der Waals surface area contributed by atoms with Crippen molar-refractivity contribution in [2.75, 3.05) is 13.2 Å². The highest BCUT2D eigenvalue weighted by molar-refractivity contribution is 5.98. The summed E-state index contributed by atoms with van der Waals surface area (Å²) in [6.45, 7) is 2.49. The highest BCUT2D eigenvalue weighted by atomic mass is 19.1. The monoisotopic (exact) mass is 240 g/mol. The number of hydrogen-bond acceptors (Lipinski definition) is 2. The maximum absolute atomic E-state index is 13.5. The van der Waals surface area contributed by atoms with E-state index in [0.29, 0.717) is 19.6 Å². The van der Waals surface area contributed by atoms with Crippen LogP contribution < -0.4 is 0 Å². The van der Waals surface area contributed by atoms with Crippen molar-refractivity contribution in [2.24, 2.45) is 5.92 Å². The van der Waals surface area contributed by atoms with Crippen LogP contribution in [0.15, 0.2) is 12.1 Å². The molecule has 0 N–H and O–H groups in total. The molecular weight excluding hydrogens is 226 g/mol. The fraction of sp³-hybridized carbons (Fsp3) is 0.462. The van der Waals surface area contributed by atoms with Gasteiger partial charge in [-0.05, 0) is 31.4 Å². The second-order valence-electron chi connectivity index (χ2n) is 4.36. The first-order chi connectivity index (χ1) is 8.09. The smallest absolute Gasteiger partial charge is 0.171 e. The first-order valence-corrected chi connectivity index (χ1v) is 5.67. The molecule has 0 bridgehead atoms. The van der Waals surface area contributed by atoms with Crippen LogP contribution in [0.3, 0.4) is 0 Å². The zero-order valence-corrected chi connectivity index (χ0v) is 9.63. The Morgan fingerprint density at radius 3 is 2.76 bits per heavy atom. The van der Waals surface area contributed by atoms with Crippen LogP contribution in [0.4, 0.5) is 8.78 Å². The van der Waals surface area contributed by atoms with Gasteiger partial charge >= 0.3 is 0 Å². The fourth-order valence-corrected chi connectivity index (χ4v) is 2.01. The number of hydrogen-bond donors (Lipinski definition) is 0. The van der Waals surface area contributed by atoms with Crippen molar-refractivity contribution in [3.05, 3.63) is 34.9 Å². The topological polar surface area (TPSA) is 26.3 Å². The minimum atomic E-state index is -0.788. The molecule has 1 atom stereocenters. The summed E-state index contributed by atoms with van der Waals surface area (Å²) >= 11 is 0. The number of rotatable bonds is 2. The normalized spacial score (nSPS) is 20.3. The minimum absolute atomic E-state index is 0.0283. The standard InChI is InChI=1S/C13H14F2O2/c1-8-5-10(12(15)6-11(8)14)13(16)9-3-2-4-17-7-9/h5-6,9H,2-4,7H2,1H3. The number of aryl methyl sites for hydroxylation is 1. The van der Waals surface area contributed by atoms with E-state index in [1.807, 2.05) is 0 Å². The Balaban J connectivity index is 2.26. The number of ether oxygens (including phenoxy) is 1. The Morgan fingerprint density at radius 2 is 2.12 bits per heavy atom. The van der Waals surface area contributed by atoms with Crippen LogP contribution in [-0.2, 0) is 4.74 Å². The Kier molecular flexibility index (Phi) is 3.52. The molecule has 1 aromatic rings. The van der Waals surface area contributed by atoms with Crippen LogP contribution in [0.1, 0.15) is 28.8 Å². The Hall–Kier alpha value is -1.29. The van der Waals surface area contributed by atoms with Gasteiger partial charge in [0, 0.05) is 18.6 Å². The lowest BCUT2D eigenvalue weighted by atomic mass is 9.92. The molecule has 1 heterocycles. The molecule has 92 valence electrons. The van der Waals surface area contributed by atoms with Gasteiger partial charge in [0.2, 0.25) is 0 Å². The van der Waals surface area contributed by atoms with Crippen LogP contribution >= 0.6 is 0 Å². The third kappa shape index (κ3) is 2.52. The molecule has 1 unspecified atom stereocenters. The fourth-order valence-electron chi connectivity index (χ4n) is 2.01. The van der Waals surface area contributed by atoms with Crippen molar-refractivity contribution in [2.45, 2.75) is 19.8 Å². The van der Waals surface area contributed by atoms with Crippen LogP contribution in [0.2, 0.25) is 0 Å². The molecule has 0 aliphatic carbocycles. The van der Waals surface area contributed by atoms with E-state index in [1.54, 1.807) is 0 Å². The van der Waals surface area contributed by atoms with Crippen LogP contribution in [-0.4, -0.2) is 19.0 Å². The van der Waals surface area contributed by atoms with Gasteiger partial charge in [-0.25, -0.2) is 8.78 Å². The molecular formula is C13H14F2O2. The summed E-state index contributed by atoms with van der Waals surface area (Å²) in [5.41, 5.74) is 0.255. The number of benzene rings is 1. The molecule has 0 radical (unpaired) electrons. The lowest BCUT2D eigenvalue weighted by Gasteiger charge is -2.21. The van der Waals surface area contributed by atoms with Gasteiger partial charge in [-0.3, -0.25) is 4.79 Å². The number of carbonyl (C=O) groups excluding carboxylic acids is 1. The minimum Gasteiger partial charge on any atom is -0.381 e. The van der Waals surface area contributed by atoms with Gasteiger partial charge in [-0.15, -0.1) is 0 Å². The summed E-state index contributed by atoms with van der Waals surface area (Å²) in [6, 6.07) is 2.05. The number of carbonyl (C=O) groups is 1. The van der Waals surface area contributed by atoms with E-state index < -0.39 is 11.6 Å². The summed E-state index contributed by atoms with van der Waals surface area (Å²) in [5, 5.41) is 0. The van der Waals surface area contributed by atoms with E-state index in [0.717, 1.165) is 12.5 Å². The lowest BCUT2D eigenvalue weighted by molar-refractivity contribution is 0.0458. The molecule has 0 aromatic heterocycles. The third-order valence-corrected chi connectivity index (χ3v) is 3.04. The van der Waals surface area contributed by atoms with Gasteiger partial charge in [0.05, 0.1) is 12.2 Å². The van der Waals surface area contributed by atoms with Crippen molar-refractivity contribution >= 4 is 5.78 Å². The molecule has 2 rings (SSSR count). The summed E-state index contributed by atoms with van der Waals surface area (Å²) in [6.07, 6.45) is 1.51. The van der Waals surface area contributed by atoms with Crippen LogP contribution in [0, 0.1) is 24.5 Å². The van der Waals surface area contributed by atoms with Gasteiger partial charge in [0.1, 0.15) is 11.6 Å². The molecule has 2 nitrogen and oxygen atoms in total. The maximum Gasteiger partial charge on any atom is 0.171 e. The van der Waals surface area contributed by atoms with Gasteiger partial charge in [-0.1, -0.05) is 0 Å². The zero-order chi connectivity index (χ0) is 12.4. The second-order valence-corrected chi connectivity index (χ2v) is 4.36. The van der Waals surface area contributed by atoms with Crippen molar-refractivity contribution in [3.8, 4) is 0 Å². The Labute approximate surface area is 98.6 Å². The summed E-state index contributed by atoms with van der Waals surface area (Å²) in [5.74, 6) is -2.00. The van der Waals surface area contributed by atoms with E-state index >= 15 is 0 Å². The average molecular weight is 240 g/mol. The summed E-state index contributed by atoms with van der Waals surface area (Å²) in [4.78, 5) is 12.0. The van der Waals surface area contributed by atoms with E-state index in [1.165, 1.54) is 13.0 Å². The quantitative estimate of drug-likeness (QED) is 0.743. The number of Topliss-reactive ketones (excluding diaryl/α,β-unsaturated/α-hetero) is 1. The average Bonchev–Trinajstić information content (AvgIpc) is 2.34. The SMILES string of the molecule is Cc1cc(C(=O)C2CCCOC2)c(F)cc1F. The predicted molar refractivity (Wildman–Crippen MR) is 59.0 cm³/mol. The van der Waals surface area contributed by atoms with E-state index in [2.05, 4.69) is 0 Å². The first kappa shape index (κ1) is 12.2. The van der Waals surface area contributed by atoms with Crippen molar-refractivity contribution in [1.29, 1.82) is 0 Å². The highest BCUT2D eigenvalue weighted by Gasteiger charge is 2.25. The molecule has 1 aliphatic rings. The lowest BCUT2D eigenvalue weighted by Crippen LogP contribution is -2.26. The molecule has 0 saturated carbocycles. The Morgan fingerprint density at radius 1 is 1.35 bits per heavy atom. The van der Waals surface area contributed by atoms with E-state index in [9.17, 15) is 13.6 Å². The molecule has 1 saturated heterocycles. The third-order valence-electron chi connectivity index (χ3n) is 3.04. The first-order valence-electron chi connectivity index (χ1n) is 5.67. The number of ketones is 1. The zero-order valence-electron chi connectivity index (χ0n) is 9.63. The summed E-state index contributed by atoms with van der Waals surface area (Å²) < 4.78 is 31.8. The molecule has 0 amide bonds. The van der Waals surface area contributed by atoms with Gasteiger partial charge < -0.3 is 4.74 Å².